The molecule has 0 aromatic heterocycles. The van der Waals surface area contributed by atoms with E-state index in [0.717, 1.165) is 43.4 Å². The van der Waals surface area contributed by atoms with Crippen LogP contribution in [0.25, 0.3) is 0 Å². The van der Waals surface area contributed by atoms with Crippen molar-refractivity contribution in [3.05, 3.63) is 29.8 Å². The van der Waals surface area contributed by atoms with Crippen molar-refractivity contribution >= 4 is 14.3 Å². The minimum Gasteiger partial charge on any atom is -0.544 e. The van der Waals surface area contributed by atoms with E-state index in [9.17, 15) is 9.90 Å². The molecule has 0 heterocycles. The lowest BCUT2D eigenvalue weighted by atomic mass is 9.69. The summed E-state index contributed by atoms with van der Waals surface area (Å²) >= 11 is 0. The fourth-order valence-corrected chi connectivity index (χ4v) is 3.82. The Kier molecular flexibility index (Phi) is 4.23. The molecule has 4 heteroatoms. The molecule has 3 nitrogen and oxygen atoms in total. The molecule has 0 aliphatic heterocycles. The normalized spacial score (nSPS) is 18.6. The van der Waals surface area contributed by atoms with Crippen molar-refractivity contribution in [1.29, 1.82) is 0 Å². The monoisotopic (exact) mass is 292 g/mol. The van der Waals surface area contributed by atoms with Crippen molar-refractivity contribution in [2.24, 2.45) is 0 Å². The van der Waals surface area contributed by atoms with Crippen LogP contribution in [0.15, 0.2) is 24.3 Å². The van der Waals surface area contributed by atoms with E-state index in [4.69, 9.17) is 4.43 Å². The summed E-state index contributed by atoms with van der Waals surface area (Å²) in [6.07, 6.45) is 4.64. The van der Waals surface area contributed by atoms with Crippen LogP contribution >= 0.6 is 0 Å². The summed E-state index contributed by atoms with van der Waals surface area (Å²) in [7, 11) is -1.61. The van der Waals surface area contributed by atoms with Crippen LogP contribution in [0.4, 0.5) is 0 Å². The van der Waals surface area contributed by atoms with E-state index in [2.05, 4.69) is 19.6 Å². The second-order valence-corrected chi connectivity index (χ2v) is 11.1. The van der Waals surface area contributed by atoms with Crippen LogP contribution in [-0.2, 0) is 10.2 Å². The predicted molar refractivity (Wildman–Crippen MR) is 82.8 cm³/mol. The van der Waals surface area contributed by atoms with Crippen molar-refractivity contribution in [2.75, 3.05) is 0 Å². The average molecular weight is 292 g/mol. The van der Waals surface area contributed by atoms with Crippen molar-refractivity contribution in [3.8, 4) is 5.75 Å². The molecule has 1 saturated carbocycles. The van der Waals surface area contributed by atoms with Crippen molar-refractivity contribution in [1.82, 2.24) is 0 Å². The fraction of sp³-hybridized carbons (Fsp3) is 0.562. The van der Waals surface area contributed by atoms with E-state index in [1.807, 2.05) is 24.3 Å². The Morgan fingerprint density at radius 1 is 1.10 bits per heavy atom. The van der Waals surface area contributed by atoms with E-state index in [1.165, 1.54) is 0 Å². The zero-order chi connectivity index (χ0) is 14.8. The number of benzene rings is 1. The molecular weight excluding hydrogens is 268 g/mol. The van der Waals surface area contributed by atoms with Gasteiger partial charge in [-0.2, -0.15) is 0 Å². The zero-order valence-electron chi connectivity index (χ0n) is 12.6. The molecular formula is C16H24O3Si. The number of hydrogen-bond acceptors (Lipinski definition) is 2. The van der Waals surface area contributed by atoms with Crippen LogP contribution in [0, 0.1) is 0 Å². The molecule has 1 aliphatic rings. The van der Waals surface area contributed by atoms with E-state index in [0.29, 0.717) is 0 Å². The predicted octanol–water partition coefficient (Wildman–Crippen LogP) is 4.19. The van der Waals surface area contributed by atoms with Crippen LogP contribution in [0.1, 0.15) is 37.7 Å². The Labute approximate surface area is 122 Å². The third-order valence-corrected chi connectivity index (χ3v) is 4.80. The summed E-state index contributed by atoms with van der Waals surface area (Å²) in [5.41, 5.74) is 0.239. The number of carboxylic acid groups (broad SMARTS) is 1. The first kappa shape index (κ1) is 15.1. The topological polar surface area (TPSA) is 46.5 Å². The van der Waals surface area contributed by atoms with E-state index in [1.54, 1.807) is 0 Å². The highest BCUT2D eigenvalue weighted by molar-refractivity contribution is 6.70. The van der Waals surface area contributed by atoms with Crippen LogP contribution in [0.3, 0.4) is 0 Å². The maximum absolute atomic E-state index is 11.8. The summed E-state index contributed by atoms with van der Waals surface area (Å²) < 4.78 is 5.93. The van der Waals surface area contributed by atoms with Gasteiger partial charge >= 0.3 is 5.97 Å². The molecule has 2 rings (SSSR count). The number of carbonyl (C=O) groups is 1. The van der Waals surface area contributed by atoms with Gasteiger partial charge in [-0.1, -0.05) is 31.4 Å². The number of carboxylic acids is 1. The highest BCUT2D eigenvalue weighted by atomic mass is 28.4. The quantitative estimate of drug-likeness (QED) is 0.847. The van der Waals surface area contributed by atoms with Gasteiger partial charge in [-0.05, 0) is 50.2 Å². The second-order valence-electron chi connectivity index (χ2n) is 6.69. The molecule has 1 aromatic rings. The van der Waals surface area contributed by atoms with Crippen molar-refractivity contribution in [3.63, 3.8) is 0 Å². The molecule has 0 bridgehead atoms. The SMILES string of the molecule is C[Si](C)(C)Oc1ccc(C2(C(=O)O)CCCCC2)cc1. The largest absolute Gasteiger partial charge is 0.544 e. The maximum Gasteiger partial charge on any atom is 0.314 e. The number of rotatable bonds is 4. The van der Waals surface area contributed by atoms with E-state index < -0.39 is 19.7 Å². The van der Waals surface area contributed by atoms with Crippen molar-refractivity contribution in [2.45, 2.75) is 57.2 Å². The lowest BCUT2D eigenvalue weighted by molar-refractivity contribution is -0.145. The Bertz CT molecular complexity index is 467. The minimum atomic E-state index is -1.61. The molecule has 1 aromatic carbocycles. The molecule has 0 spiro atoms. The van der Waals surface area contributed by atoms with E-state index in [-0.39, 0.29) is 0 Å². The van der Waals surface area contributed by atoms with Crippen molar-refractivity contribution < 1.29 is 14.3 Å². The number of aliphatic carboxylic acids is 1. The molecule has 1 fully saturated rings. The second kappa shape index (κ2) is 5.60. The van der Waals surface area contributed by atoms with Crippen LogP contribution in [0.2, 0.25) is 19.6 Å². The third-order valence-electron chi connectivity index (χ3n) is 3.95. The summed E-state index contributed by atoms with van der Waals surface area (Å²) in [6, 6.07) is 7.73. The molecule has 1 N–H and O–H groups in total. The van der Waals surface area contributed by atoms with Gasteiger partial charge in [-0.15, -0.1) is 0 Å². The Hall–Kier alpha value is -1.29. The molecule has 0 amide bonds. The van der Waals surface area contributed by atoms with Gasteiger partial charge in [0, 0.05) is 0 Å². The Morgan fingerprint density at radius 3 is 2.10 bits per heavy atom. The third kappa shape index (κ3) is 3.23. The Balaban J connectivity index is 2.25. The molecule has 0 unspecified atom stereocenters. The zero-order valence-corrected chi connectivity index (χ0v) is 13.6. The highest BCUT2D eigenvalue weighted by Gasteiger charge is 2.41. The number of hydrogen-bond donors (Lipinski definition) is 1. The first-order chi connectivity index (χ1) is 9.33. The first-order valence-corrected chi connectivity index (χ1v) is 10.8. The Morgan fingerprint density at radius 2 is 1.65 bits per heavy atom. The van der Waals surface area contributed by atoms with Gasteiger partial charge in [0.2, 0.25) is 8.32 Å². The molecule has 0 saturated heterocycles. The van der Waals surface area contributed by atoms with Crippen LogP contribution in [-0.4, -0.2) is 19.4 Å². The molecule has 20 heavy (non-hydrogen) atoms. The van der Waals surface area contributed by atoms with Gasteiger partial charge in [0.05, 0.1) is 5.41 Å². The molecule has 1 aliphatic carbocycles. The highest BCUT2D eigenvalue weighted by Crippen LogP contribution is 2.40. The van der Waals surface area contributed by atoms with Gasteiger partial charge in [0.25, 0.3) is 0 Å². The standard InChI is InChI=1S/C16H24O3Si/c1-20(2,3)19-14-9-7-13(8-10-14)16(15(17)18)11-5-4-6-12-16/h7-10H,4-6,11-12H2,1-3H3,(H,17,18). The van der Waals surface area contributed by atoms with Gasteiger partial charge in [0.15, 0.2) is 0 Å². The summed E-state index contributed by atoms with van der Waals surface area (Å²) in [5, 5.41) is 9.67. The average Bonchev–Trinajstić information content (AvgIpc) is 2.38. The first-order valence-electron chi connectivity index (χ1n) is 7.36. The van der Waals surface area contributed by atoms with Gasteiger partial charge in [-0.25, -0.2) is 0 Å². The lowest BCUT2D eigenvalue weighted by Crippen LogP contribution is -2.37. The lowest BCUT2D eigenvalue weighted by Gasteiger charge is -2.33. The molecule has 0 radical (unpaired) electrons. The minimum absolute atomic E-state index is 0.684. The van der Waals surface area contributed by atoms with Gasteiger partial charge in [0.1, 0.15) is 5.75 Å². The fourth-order valence-electron chi connectivity index (χ4n) is 2.98. The molecule has 0 atom stereocenters. The smallest absolute Gasteiger partial charge is 0.314 e. The van der Waals surface area contributed by atoms with Gasteiger partial charge < -0.3 is 9.53 Å². The van der Waals surface area contributed by atoms with Gasteiger partial charge in [-0.3, -0.25) is 4.79 Å². The summed E-state index contributed by atoms with van der Waals surface area (Å²) in [5.74, 6) is 0.167. The van der Waals surface area contributed by atoms with Crippen LogP contribution in [0.5, 0.6) is 5.75 Å². The summed E-state index contributed by atoms with van der Waals surface area (Å²) in [6.45, 7) is 6.42. The van der Waals surface area contributed by atoms with Crippen LogP contribution < -0.4 is 4.43 Å². The van der Waals surface area contributed by atoms with E-state index >= 15 is 0 Å². The molecule has 110 valence electrons. The summed E-state index contributed by atoms with van der Waals surface area (Å²) in [4.78, 5) is 11.8. The maximum atomic E-state index is 11.8.